The van der Waals surface area contributed by atoms with Gasteiger partial charge in [-0.3, -0.25) is 0 Å². The first-order valence-electron chi connectivity index (χ1n) is 6.36. The molecule has 0 bridgehead atoms. The third-order valence-corrected chi connectivity index (χ3v) is 2.56. The largest absolute Gasteiger partial charge is 0.373 e. The molecule has 102 valence electrons. The van der Waals surface area contributed by atoms with Gasteiger partial charge < -0.3 is 15.2 Å². The molecule has 7 nitrogen and oxygen atoms in total. The minimum atomic E-state index is 0.684. The van der Waals surface area contributed by atoms with Crippen LogP contribution in [0.15, 0.2) is 17.0 Å². The van der Waals surface area contributed by atoms with Crippen molar-refractivity contribution in [2.24, 2.45) is 0 Å². The standard InChI is InChI=1S/C12H18N6O/c1-3-4-10-16-11(13-2)7-12(17-10)14-6-5-9-15-8-19-18-9/h7-8H,3-6H2,1-2H3,(H2,13,14,16,17). The van der Waals surface area contributed by atoms with Gasteiger partial charge in [0.05, 0.1) is 0 Å². The molecule has 2 heterocycles. The van der Waals surface area contributed by atoms with Crippen molar-refractivity contribution in [2.45, 2.75) is 26.2 Å². The summed E-state index contributed by atoms with van der Waals surface area (Å²) in [4.78, 5) is 12.8. The smallest absolute Gasteiger partial charge is 0.213 e. The molecule has 0 fully saturated rings. The molecule has 0 aliphatic carbocycles. The van der Waals surface area contributed by atoms with Crippen molar-refractivity contribution in [1.29, 1.82) is 0 Å². The predicted molar refractivity (Wildman–Crippen MR) is 72.1 cm³/mol. The molecule has 7 heteroatoms. The Labute approximate surface area is 111 Å². The summed E-state index contributed by atoms with van der Waals surface area (Å²) in [6.07, 6.45) is 3.92. The second-order valence-corrected chi connectivity index (χ2v) is 4.08. The Balaban J connectivity index is 1.96. The fourth-order valence-corrected chi connectivity index (χ4v) is 1.66. The van der Waals surface area contributed by atoms with Crippen LogP contribution in [-0.2, 0) is 12.8 Å². The highest BCUT2D eigenvalue weighted by molar-refractivity contribution is 5.47. The van der Waals surface area contributed by atoms with Crippen LogP contribution in [0.4, 0.5) is 11.6 Å². The van der Waals surface area contributed by atoms with Gasteiger partial charge in [-0.25, -0.2) is 9.97 Å². The lowest BCUT2D eigenvalue weighted by Crippen LogP contribution is -2.10. The Bertz CT molecular complexity index is 499. The minimum Gasteiger partial charge on any atom is -0.373 e. The highest BCUT2D eigenvalue weighted by Gasteiger charge is 2.04. The van der Waals surface area contributed by atoms with Gasteiger partial charge in [-0.05, 0) is 6.42 Å². The zero-order valence-electron chi connectivity index (χ0n) is 11.2. The summed E-state index contributed by atoms with van der Waals surface area (Å²) in [6, 6.07) is 1.88. The van der Waals surface area contributed by atoms with Crippen LogP contribution in [0.1, 0.15) is 25.0 Å². The zero-order valence-corrected chi connectivity index (χ0v) is 11.2. The van der Waals surface area contributed by atoms with E-state index in [1.807, 2.05) is 13.1 Å². The Morgan fingerprint density at radius 2 is 2.00 bits per heavy atom. The van der Waals surface area contributed by atoms with Gasteiger partial charge >= 0.3 is 0 Å². The van der Waals surface area contributed by atoms with Crippen LogP contribution in [0.3, 0.4) is 0 Å². The molecule has 2 N–H and O–H groups in total. The first-order valence-corrected chi connectivity index (χ1v) is 6.36. The number of anilines is 2. The highest BCUT2D eigenvalue weighted by atomic mass is 16.5. The van der Waals surface area contributed by atoms with Gasteiger partial charge in [0.2, 0.25) is 6.39 Å². The minimum absolute atomic E-state index is 0.684. The van der Waals surface area contributed by atoms with Gasteiger partial charge in [0.15, 0.2) is 5.82 Å². The number of nitrogens with zero attached hydrogens (tertiary/aromatic N) is 4. The SMILES string of the molecule is CCCc1nc(NC)cc(NCCc2ncon2)n1. The summed E-state index contributed by atoms with van der Waals surface area (Å²) in [5.41, 5.74) is 0. The molecule has 0 aliphatic heterocycles. The second-order valence-electron chi connectivity index (χ2n) is 4.08. The van der Waals surface area contributed by atoms with Gasteiger partial charge in [-0.15, -0.1) is 0 Å². The summed E-state index contributed by atoms with van der Waals surface area (Å²) in [5, 5.41) is 10.0. The van der Waals surface area contributed by atoms with Gasteiger partial charge in [0.1, 0.15) is 17.5 Å². The van der Waals surface area contributed by atoms with Crippen LogP contribution in [0.5, 0.6) is 0 Å². The van der Waals surface area contributed by atoms with E-state index in [-0.39, 0.29) is 0 Å². The number of hydrogen-bond acceptors (Lipinski definition) is 7. The normalized spacial score (nSPS) is 10.4. The van der Waals surface area contributed by atoms with E-state index < -0.39 is 0 Å². The number of hydrogen-bond donors (Lipinski definition) is 2. The molecular weight excluding hydrogens is 244 g/mol. The van der Waals surface area contributed by atoms with Crippen LogP contribution in [0, 0.1) is 0 Å². The average molecular weight is 262 g/mol. The maximum atomic E-state index is 4.68. The maximum Gasteiger partial charge on any atom is 0.213 e. The van der Waals surface area contributed by atoms with E-state index in [1.165, 1.54) is 6.39 Å². The van der Waals surface area contributed by atoms with Crippen LogP contribution in [-0.4, -0.2) is 33.7 Å². The molecule has 0 saturated carbocycles. The van der Waals surface area contributed by atoms with Crippen LogP contribution in [0.2, 0.25) is 0 Å². The van der Waals surface area contributed by atoms with Gasteiger partial charge in [-0.1, -0.05) is 12.1 Å². The second kappa shape index (κ2) is 6.67. The molecule has 2 aromatic rings. The third kappa shape index (κ3) is 3.90. The third-order valence-electron chi connectivity index (χ3n) is 2.56. The molecule has 19 heavy (non-hydrogen) atoms. The Morgan fingerprint density at radius 3 is 2.68 bits per heavy atom. The lowest BCUT2D eigenvalue weighted by Gasteiger charge is -2.08. The summed E-state index contributed by atoms with van der Waals surface area (Å²) < 4.78 is 4.68. The van der Waals surface area contributed by atoms with E-state index in [9.17, 15) is 0 Å². The molecule has 0 amide bonds. The van der Waals surface area contributed by atoms with Crippen molar-refractivity contribution >= 4 is 11.6 Å². The molecule has 0 aromatic carbocycles. The Morgan fingerprint density at radius 1 is 1.16 bits per heavy atom. The van der Waals surface area contributed by atoms with Gasteiger partial charge in [-0.2, -0.15) is 4.98 Å². The van der Waals surface area contributed by atoms with E-state index in [1.54, 1.807) is 0 Å². The van der Waals surface area contributed by atoms with E-state index in [2.05, 4.69) is 42.2 Å². The van der Waals surface area contributed by atoms with Crippen LogP contribution < -0.4 is 10.6 Å². The lowest BCUT2D eigenvalue weighted by atomic mass is 10.3. The molecule has 0 saturated heterocycles. The number of aromatic nitrogens is 4. The van der Waals surface area contributed by atoms with Crippen molar-refractivity contribution in [3.05, 3.63) is 24.1 Å². The summed E-state index contributed by atoms with van der Waals surface area (Å²) >= 11 is 0. The van der Waals surface area contributed by atoms with Gasteiger partial charge in [0.25, 0.3) is 0 Å². The number of nitrogens with one attached hydrogen (secondary N) is 2. The molecule has 0 aliphatic rings. The number of rotatable bonds is 7. The molecular formula is C12H18N6O. The molecule has 0 spiro atoms. The molecule has 0 unspecified atom stereocenters. The van der Waals surface area contributed by atoms with Crippen LogP contribution >= 0.6 is 0 Å². The quantitative estimate of drug-likeness (QED) is 0.781. The summed E-state index contributed by atoms with van der Waals surface area (Å²) in [5.74, 6) is 3.16. The summed E-state index contributed by atoms with van der Waals surface area (Å²) in [6.45, 7) is 2.81. The van der Waals surface area contributed by atoms with E-state index in [0.29, 0.717) is 18.8 Å². The van der Waals surface area contributed by atoms with E-state index >= 15 is 0 Å². The first kappa shape index (κ1) is 13.3. The van der Waals surface area contributed by atoms with Gasteiger partial charge in [0, 0.05) is 32.5 Å². The highest BCUT2D eigenvalue weighted by Crippen LogP contribution is 2.11. The Kier molecular flexibility index (Phi) is 4.66. The fourth-order valence-electron chi connectivity index (χ4n) is 1.66. The van der Waals surface area contributed by atoms with Crippen molar-refractivity contribution in [2.75, 3.05) is 24.2 Å². The molecule has 0 radical (unpaired) electrons. The van der Waals surface area contributed by atoms with Crippen molar-refractivity contribution in [1.82, 2.24) is 20.1 Å². The fraction of sp³-hybridized carbons (Fsp3) is 0.500. The van der Waals surface area contributed by atoms with Crippen molar-refractivity contribution in [3.63, 3.8) is 0 Å². The molecule has 0 atom stereocenters. The predicted octanol–water partition coefficient (Wildman–Crippen LogP) is 1.51. The monoisotopic (exact) mass is 262 g/mol. The zero-order chi connectivity index (χ0) is 13.5. The van der Waals surface area contributed by atoms with Crippen LogP contribution in [0.25, 0.3) is 0 Å². The van der Waals surface area contributed by atoms with Crippen molar-refractivity contribution in [3.8, 4) is 0 Å². The summed E-state index contributed by atoms with van der Waals surface area (Å²) in [7, 11) is 1.85. The molecule has 2 aromatic heterocycles. The topological polar surface area (TPSA) is 88.8 Å². The maximum absolute atomic E-state index is 4.68. The number of aryl methyl sites for hydroxylation is 1. The molecule has 2 rings (SSSR count). The lowest BCUT2D eigenvalue weighted by molar-refractivity contribution is 0.410. The Hall–Kier alpha value is -2.18. The van der Waals surface area contributed by atoms with Crippen molar-refractivity contribution < 1.29 is 4.52 Å². The first-order chi connectivity index (χ1) is 9.31. The van der Waals surface area contributed by atoms with E-state index in [4.69, 9.17) is 0 Å². The van der Waals surface area contributed by atoms with E-state index in [0.717, 1.165) is 30.3 Å². The average Bonchev–Trinajstić information content (AvgIpc) is 2.92.